The number of hydrogen-bond donors (Lipinski definition) is 2. The molecule has 0 aliphatic carbocycles. The summed E-state index contributed by atoms with van der Waals surface area (Å²) in [4.78, 5) is 15.7. The second kappa shape index (κ2) is 5.71. The number of aromatic nitrogens is 3. The van der Waals surface area contributed by atoms with E-state index in [2.05, 4.69) is 26.8 Å². The molecule has 0 amide bonds. The topological polar surface area (TPSA) is 74.1 Å². The molecule has 0 aromatic carbocycles. The van der Waals surface area contributed by atoms with Crippen LogP contribution < -0.4 is 15.5 Å². The highest BCUT2D eigenvalue weighted by Crippen LogP contribution is 2.23. The lowest BCUT2D eigenvalue weighted by molar-refractivity contribution is 0.686. The molecule has 0 bridgehead atoms. The Hall–Kier alpha value is -2.08. The van der Waals surface area contributed by atoms with Gasteiger partial charge in [0.1, 0.15) is 18.0 Å². The Morgan fingerprint density at radius 1 is 1.32 bits per heavy atom. The van der Waals surface area contributed by atoms with E-state index >= 15 is 0 Å². The van der Waals surface area contributed by atoms with Crippen molar-refractivity contribution in [3.05, 3.63) is 30.9 Å². The van der Waals surface area contributed by atoms with Crippen LogP contribution in [0.3, 0.4) is 0 Å². The summed E-state index contributed by atoms with van der Waals surface area (Å²) in [6, 6.07) is 4.19. The van der Waals surface area contributed by atoms with Crippen LogP contribution in [0.25, 0.3) is 0 Å². The van der Waals surface area contributed by atoms with Crippen LogP contribution in [-0.2, 0) is 0 Å². The molecule has 102 valence electrons. The van der Waals surface area contributed by atoms with Gasteiger partial charge in [0.05, 0.1) is 5.69 Å². The molecule has 2 heterocycles. The molecule has 3 N–H and O–H groups in total. The Morgan fingerprint density at radius 2 is 2.05 bits per heavy atom. The van der Waals surface area contributed by atoms with E-state index in [-0.39, 0.29) is 6.04 Å². The van der Waals surface area contributed by atoms with E-state index in [1.807, 2.05) is 43.5 Å². The van der Waals surface area contributed by atoms with Crippen molar-refractivity contribution in [2.45, 2.75) is 13.0 Å². The number of H-pyrrole nitrogens is 1. The lowest BCUT2D eigenvalue weighted by Gasteiger charge is -2.25. The second-order valence-corrected chi connectivity index (χ2v) is 4.56. The zero-order chi connectivity index (χ0) is 13.8. The van der Waals surface area contributed by atoms with Crippen molar-refractivity contribution in [2.24, 2.45) is 5.73 Å². The summed E-state index contributed by atoms with van der Waals surface area (Å²) < 4.78 is 0. The SMILES string of the molecule is CC(CN)N(C)c1cc(N(C)c2cc[nH]c2)ncn1. The van der Waals surface area contributed by atoms with Gasteiger partial charge in [0.2, 0.25) is 0 Å². The molecule has 2 aromatic heterocycles. The van der Waals surface area contributed by atoms with Gasteiger partial charge in [-0.05, 0) is 13.0 Å². The number of rotatable bonds is 5. The number of anilines is 3. The van der Waals surface area contributed by atoms with Crippen molar-refractivity contribution < 1.29 is 0 Å². The monoisotopic (exact) mass is 260 g/mol. The van der Waals surface area contributed by atoms with Gasteiger partial charge in [-0.3, -0.25) is 0 Å². The van der Waals surface area contributed by atoms with E-state index in [0.717, 1.165) is 17.3 Å². The highest BCUT2D eigenvalue weighted by Gasteiger charge is 2.12. The Morgan fingerprint density at radius 3 is 2.68 bits per heavy atom. The molecule has 19 heavy (non-hydrogen) atoms. The van der Waals surface area contributed by atoms with Crippen molar-refractivity contribution >= 4 is 17.3 Å². The fraction of sp³-hybridized carbons (Fsp3) is 0.385. The van der Waals surface area contributed by atoms with E-state index in [9.17, 15) is 0 Å². The predicted octanol–water partition coefficient (Wildman–Crippen LogP) is 1.36. The van der Waals surface area contributed by atoms with E-state index < -0.39 is 0 Å². The van der Waals surface area contributed by atoms with E-state index in [1.165, 1.54) is 0 Å². The van der Waals surface area contributed by atoms with Crippen LogP contribution in [0.4, 0.5) is 17.3 Å². The molecule has 0 saturated carbocycles. The first-order chi connectivity index (χ1) is 9.13. The van der Waals surface area contributed by atoms with Gasteiger partial charge in [-0.15, -0.1) is 0 Å². The normalized spacial score (nSPS) is 12.2. The highest BCUT2D eigenvalue weighted by atomic mass is 15.2. The maximum Gasteiger partial charge on any atom is 0.138 e. The summed E-state index contributed by atoms with van der Waals surface area (Å²) in [5.41, 5.74) is 6.74. The molecule has 2 rings (SSSR count). The van der Waals surface area contributed by atoms with E-state index in [0.29, 0.717) is 6.54 Å². The van der Waals surface area contributed by atoms with Crippen LogP contribution in [0.2, 0.25) is 0 Å². The third-order valence-corrected chi connectivity index (χ3v) is 3.31. The summed E-state index contributed by atoms with van der Waals surface area (Å²) in [5.74, 6) is 1.71. The first kappa shape index (κ1) is 13.4. The third-order valence-electron chi connectivity index (χ3n) is 3.31. The van der Waals surface area contributed by atoms with Gasteiger partial charge in [0.15, 0.2) is 0 Å². The van der Waals surface area contributed by atoms with Gasteiger partial charge in [-0.1, -0.05) is 0 Å². The van der Waals surface area contributed by atoms with Gasteiger partial charge < -0.3 is 20.5 Å². The minimum Gasteiger partial charge on any atom is -0.366 e. The first-order valence-corrected chi connectivity index (χ1v) is 6.25. The zero-order valence-electron chi connectivity index (χ0n) is 11.5. The number of nitrogens with two attached hydrogens (primary N) is 1. The molecular weight excluding hydrogens is 240 g/mol. The number of nitrogens with one attached hydrogen (secondary N) is 1. The fourth-order valence-corrected chi connectivity index (χ4v) is 1.75. The van der Waals surface area contributed by atoms with Gasteiger partial charge >= 0.3 is 0 Å². The molecule has 6 heteroatoms. The highest BCUT2D eigenvalue weighted by molar-refractivity contribution is 5.61. The third kappa shape index (κ3) is 2.85. The minimum absolute atomic E-state index is 0.236. The van der Waals surface area contributed by atoms with Crippen LogP contribution >= 0.6 is 0 Å². The van der Waals surface area contributed by atoms with Gasteiger partial charge in [0.25, 0.3) is 0 Å². The molecule has 0 aliphatic rings. The maximum atomic E-state index is 5.69. The van der Waals surface area contributed by atoms with E-state index in [1.54, 1.807) is 6.33 Å². The van der Waals surface area contributed by atoms with Gasteiger partial charge in [0, 0.05) is 45.1 Å². The molecule has 0 aliphatic heterocycles. The lowest BCUT2D eigenvalue weighted by atomic mass is 10.3. The van der Waals surface area contributed by atoms with Gasteiger partial charge in [-0.25, -0.2) is 9.97 Å². The Labute approximate surface area is 113 Å². The minimum atomic E-state index is 0.236. The van der Waals surface area contributed by atoms with Crippen LogP contribution in [0.15, 0.2) is 30.9 Å². The van der Waals surface area contributed by atoms with Crippen molar-refractivity contribution in [3.63, 3.8) is 0 Å². The number of hydrogen-bond acceptors (Lipinski definition) is 5. The van der Waals surface area contributed by atoms with Crippen LogP contribution in [0.5, 0.6) is 0 Å². The van der Waals surface area contributed by atoms with Crippen LogP contribution in [0, 0.1) is 0 Å². The average molecular weight is 260 g/mol. The molecule has 6 nitrogen and oxygen atoms in total. The Balaban J connectivity index is 2.24. The van der Waals surface area contributed by atoms with E-state index in [4.69, 9.17) is 5.73 Å². The second-order valence-electron chi connectivity index (χ2n) is 4.56. The molecular formula is C13H20N6. The van der Waals surface area contributed by atoms with Crippen LogP contribution in [0.1, 0.15) is 6.92 Å². The summed E-state index contributed by atoms with van der Waals surface area (Å²) in [7, 11) is 3.96. The Bertz CT molecular complexity index is 510. The molecule has 2 aromatic rings. The number of likely N-dealkylation sites (N-methyl/N-ethyl adjacent to an activating group) is 1. The maximum absolute atomic E-state index is 5.69. The molecule has 1 unspecified atom stereocenters. The Kier molecular flexibility index (Phi) is 4.01. The summed E-state index contributed by atoms with van der Waals surface area (Å²) in [5, 5.41) is 0. The van der Waals surface area contributed by atoms with Gasteiger partial charge in [-0.2, -0.15) is 0 Å². The molecule has 0 saturated heterocycles. The van der Waals surface area contributed by atoms with Crippen molar-refractivity contribution in [1.29, 1.82) is 0 Å². The quantitative estimate of drug-likeness (QED) is 0.849. The fourth-order valence-electron chi connectivity index (χ4n) is 1.75. The average Bonchev–Trinajstić information content (AvgIpc) is 2.99. The summed E-state index contributed by atoms with van der Waals surface area (Å²) in [6.45, 7) is 2.65. The molecule has 0 radical (unpaired) electrons. The van der Waals surface area contributed by atoms with Crippen LogP contribution in [-0.4, -0.2) is 41.6 Å². The lowest BCUT2D eigenvalue weighted by Crippen LogP contribution is -2.35. The molecule has 1 atom stereocenters. The van der Waals surface area contributed by atoms with Crippen molar-refractivity contribution in [2.75, 3.05) is 30.4 Å². The molecule has 0 fully saturated rings. The summed E-state index contributed by atoms with van der Waals surface area (Å²) in [6.07, 6.45) is 5.39. The number of nitrogens with zero attached hydrogens (tertiary/aromatic N) is 4. The predicted molar refractivity (Wildman–Crippen MR) is 77.8 cm³/mol. The largest absolute Gasteiger partial charge is 0.366 e. The number of aromatic amines is 1. The smallest absolute Gasteiger partial charge is 0.138 e. The molecule has 0 spiro atoms. The first-order valence-electron chi connectivity index (χ1n) is 6.25. The van der Waals surface area contributed by atoms with Crippen molar-refractivity contribution in [1.82, 2.24) is 15.0 Å². The van der Waals surface area contributed by atoms with Crippen molar-refractivity contribution in [3.8, 4) is 0 Å². The summed E-state index contributed by atoms with van der Waals surface area (Å²) >= 11 is 0. The zero-order valence-corrected chi connectivity index (χ0v) is 11.5. The standard InChI is InChI=1S/C13H20N6/c1-10(7-14)18(2)12-6-13(17-9-16-12)19(3)11-4-5-15-8-11/h4-6,8-10,15H,7,14H2,1-3H3.